The predicted molar refractivity (Wildman–Crippen MR) is 75.7 cm³/mol. The van der Waals surface area contributed by atoms with E-state index in [0.717, 1.165) is 0 Å². The van der Waals surface area contributed by atoms with Gasteiger partial charge in [0.25, 0.3) is 5.91 Å². The normalized spacial score (nSPS) is 9.90. The van der Waals surface area contributed by atoms with E-state index in [1.54, 1.807) is 18.3 Å². The van der Waals surface area contributed by atoms with Crippen molar-refractivity contribution in [1.82, 2.24) is 15.6 Å². The summed E-state index contributed by atoms with van der Waals surface area (Å²) < 4.78 is 0. The number of aromatic nitrogens is 1. The van der Waals surface area contributed by atoms with Crippen LogP contribution in [0.2, 0.25) is 0 Å². The molecule has 3 N–H and O–H groups in total. The summed E-state index contributed by atoms with van der Waals surface area (Å²) >= 11 is 0. The average Bonchev–Trinajstić information content (AvgIpc) is 2.48. The van der Waals surface area contributed by atoms with Gasteiger partial charge in [-0.15, -0.1) is 0 Å². The highest BCUT2D eigenvalue weighted by Gasteiger charge is 2.05. The Morgan fingerprint density at radius 2 is 1.81 bits per heavy atom. The lowest BCUT2D eigenvalue weighted by atomic mass is 10.2. The van der Waals surface area contributed by atoms with Gasteiger partial charge in [-0.3, -0.25) is 19.4 Å². The molecule has 0 aliphatic carbocycles. The third kappa shape index (κ3) is 7.66. The molecule has 0 spiro atoms. The number of carboxylic acids is 1. The molecule has 0 aliphatic heterocycles. The number of pyridine rings is 1. The zero-order valence-corrected chi connectivity index (χ0v) is 11.7. The molecule has 1 rings (SSSR count). The lowest BCUT2D eigenvalue weighted by Crippen LogP contribution is -2.28. The van der Waals surface area contributed by atoms with Crippen molar-refractivity contribution in [1.29, 1.82) is 0 Å². The van der Waals surface area contributed by atoms with Crippen molar-refractivity contribution in [2.24, 2.45) is 0 Å². The maximum atomic E-state index is 11.7. The fourth-order valence-corrected chi connectivity index (χ4v) is 1.61. The molecule has 2 amide bonds. The van der Waals surface area contributed by atoms with Crippen molar-refractivity contribution in [2.45, 2.75) is 25.7 Å². The molecule has 0 bridgehead atoms. The minimum absolute atomic E-state index is 0.0431. The molecule has 0 radical (unpaired) electrons. The van der Waals surface area contributed by atoms with E-state index in [9.17, 15) is 14.4 Å². The first-order valence-corrected chi connectivity index (χ1v) is 6.76. The Labute approximate surface area is 122 Å². The minimum Gasteiger partial charge on any atom is -0.481 e. The number of aliphatic carboxylic acids is 1. The number of hydrogen-bond acceptors (Lipinski definition) is 4. The van der Waals surface area contributed by atoms with Crippen molar-refractivity contribution >= 4 is 17.8 Å². The molecule has 0 unspecified atom stereocenters. The Kier molecular flexibility index (Phi) is 7.49. The van der Waals surface area contributed by atoms with Crippen molar-refractivity contribution in [3.8, 4) is 0 Å². The maximum absolute atomic E-state index is 11.7. The summed E-state index contributed by atoms with van der Waals surface area (Å²) in [4.78, 5) is 37.2. The summed E-state index contributed by atoms with van der Waals surface area (Å²) in [6, 6.07) is 3.34. The fourth-order valence-electron chi connectivity index (χ4n) is 1.61. The van der Waals surface area contributed by atoms with Crippen LogP contribution in [0, 0.1) is 0 Å². The van der Waals surface area contributed by atoms with Crippen LogP contribution in [0.4, 0.5) is 0 Å². The number of amides is 2. The van der Waals surface area contributed by atoms with Gasteiger partial charge in [0, 0.05) is 38.3 Å². The molecule has 1 aromatic heterocycles. The van der Waals surface area contributed by atoms with Gasteiger partial charge in [0.05, 0.1) is 5.56 Å². The van der Waals surface area contributed by atoms with Gasteiger partial charge >= 0.3 is 5.97 Å². The molecule has 0 saturated heterocycles. The monoisotopic (exact) mass is 293 g/mol. The Balaban J connectivity index is 2.07. The summed E-state index contributed by atoms with van der Waals surface area (Å²) in [5, 5.41) is 13.8. The summed E-state index contributed by atoms with van der Waals surface area (Å²) in [5.74, 6) is -1.23. The lowest BCUT2D eigenvalue weighted by Gasteiger charge is -2.06. The maximum Gasteiger partial charge on any atom is 0.303 e. The van der Waals surface area contributed by atoms with E-state index in [0.29, 0.717) is 37.9 Å². The highest BCUT2D eigenvalue weighted by molar-refractivity contribution is 5.93. The number of hydrogen-bond donors (Lipinski definition) is 3. The van der Waals surface area contributed by atoms with Gasteiger partial charge in [-0.25, -0.2) is 0 Å². The van der Waals surface area contributed by atoms with Gasteiger partial charge in [-0.05, 0) is 25.0 Å². The number of rotatable bonds is 9. The smallest absolute Gasteiger partial charge is 0.303 e. The summed E-state index contributed by atoms with van der Waals surface area (Å²) in [6.07, 6.45) is 4.34. The Hall–Kier alpha value is -2.44. The van der Waals surface area contributed by atoms with Crippen LogP contribution >= 0.6 is 0 Å². The molecular weight excluding hydrogens is 274 g/mol. The van der Waals surface area contributed by atoms with Gasteiger partial charge in [0.15, 0.2) is 0 Å². The van der Waals surface area contributed by atoms with Gasteiger partial charge in [0.2, 0.25) is 5.91 Å². The van der Waals surface area contributed by atoms with E-state index in [4.69, 9.17) is 5.11 Å². The molecule has 7 heteroatoms. The molecule has 1 aromatic rings. The topological polar surface area (TPSA) is 108 Å². The molecule has 21 heavy (non-hydrogen) atoms. The number of carboxylic acid groups (broad SMARTS) is 1. The van der Waals surface area contributed by atoms with E-state index < -0.39 is 5.97 Å². The van der Waals surface area contributed by atoms with Crippen LogP contribution in [0.5, 0.6) is 0 Å². The number of carbonyl (C=O) groups is 3. The summed E-state index contributed by atoms with van der Waals surface area (Å²) in [5.41, 5.74) is 0.482. The molecule has 0 aliphatic rings. The van der Waals surface area contributed by atoms with Gasteiger partial charge in [-0.1, -0.05) is 0 Å². The quantitative estimate of drug-likeness (QED) is 0.577. The van der Waals surface area contributed by atoms with E-state index in [2.05, 4.69) is 15.6 Å². The van der Waals surface area contributed by atoms with Gasteiger partial charge in [-0.2, -0.15) is 0 Å². The predicted octanol–water partition coefficient (Wildman–Crippen LogP) is 0.573. The van der Waals surface area contributed by atoms with Crippen LogP contribution in [0.25, 0.3) is 0 Å². The lowest BCUT2D eigenvalue weighted by molar-refractivity contribution is -0.137. The summed E-state index contributed by atoms with van der Waals surface area (Å²) in [6.45, 7) is 0.753. The van der Waals surface area contributed by atoms with Gasteiger partial charge < -0.3 is 15.7 Å². The zero-order valence-electron chi connectivity index (χ0n) is 11.7. The molecule has 114 valence electrons. The molecule has 7 nitrogen and oxygen atoms in total. The van der Waals surface area contributed by atoms with Crippen LogP contribution in [0.15, 0.2) is 24.5 Å². The number of carbonyl (C=O) groups excluding carboxylic acids is 2. The van der Waals surface area contributed by atoms with Crippen molar-refractivity contribution in [2.75, 3.05) is 13.1 Å². The number of nitrogens with one attached hydrogen (secondary N) is 2. The Morgan fingerprint density at radius 3 is 2.48 bits per heavy atom. The second-order valence-corrected chi connectivity index (χ2v) is 4.45. The summed E-state index contributed by atoms with van der Waals surface area (Å²) in [7, 11) is 0. The first kappa shape index (κ1) is 16.6. The van der Waals surface area contributed by atoms with Crippen molar-refractivity contribution in [3.63, 3.8) is 0 Å². The molecular formula is C14H19N3O4. The average molecular weight is 293 g/mol. The zero-order chi connectivity index (χ0) is 15.5. The van der Waals surface area contributed by atoms with Crippen LogP contribution in [0.3, 0.4) is 0 Å². The van der Waals surface area contributed by atoms with Crippen LogP contribution < -0.4 is 10.6 Å². The van der Waals surface area contributed by atoms with E-state index >= 15 is 0 Å². The van der Waals surface area contributed by atoms with Crippen molar-refractivity contribution in [3.05, 3.63) is 30.1 Å². The highest BCUT2D eigenvalue weighted by atomic mass is 16.4. The van der Waals surface area contributed by atoms with E-state index in [-0.39, 0.29) is 18.2 Å². The van der Waals surface area contributed by atoms with Crippen LogP contribution in [0.1, 0.15) is 36.0 Å². The second-order valence-electron chi connectivity index (χ2n) is 4.45. The molecule has 0 aromatic carbocycles. The third-order valence-corrected chi connectivity index (χ3v) is 2.68. The van der Waals surface area contributed by atoms with E-state index in [1.807, 2.05) is 0 Å². The Bertz CT molecular complexity index is 476. The fraction of sp³-hybridized carbons (Fsp3) is 0.429. The standard InChI is InChI=1S/C14H19N3O4/c18-12(16-8-3-6-13(19)20)5-2-9-17-14(21)11-4-1-7-15-10-11/h1,4,7,10H,2-3,5-6,8-9H2,(H,16,18)(H,17,21)(H,19,20). The molecule has 0 atom stereocenters. The van der Waals surface area contributed by atoms with Crippen LogP contribution in [-0.4, -0.2) is 41.0 Å². The minimum atomic E-state index is -0.873. The Morgan fingerprint density at radius 1 is 1.10 bits per heavy atom. The SMILES string of the molecule is O=C(O)CCCNC(=O)CCCNC(=O)c1cccnc1. The highest BCUT2D eigenvalue weighted by Crippen LogP contribution is 1.96. The molecule has 0 saturated carbocycles. The first-order chi connectivity index (χ1) is 10.1. The molecule has 1 heterocycles. The largest absolute Gasteiger partial charge is 0.481 e. The van der Waals surface area contributed by atoms with Crippen LogP contribution in [-0.2, 0) is 9.59 Å². The molecule has 0 fully saturated rings. The number of nitrogens with zero attached hydrogens (tertiary/aromatic N) is 1. The third-order valence-electron chi connectivity index (χ3n) is 2.68. The van der Waals surface area contributed by atoms with Crippen molar-refractivity contribution < 1.29 is 19.5 Å². The first-order valence-electron chi connectivity index (χ1n) is 6.76. The van der Waals surface area contributed by atoms with E-state index in [1.165, 1.54) is 6.20 Å². The second kappa shape index (κ2) is 9.46. The van der Waals surface area contributed by atoms with Gasteiger partial charge in [0.1, 0.15) is 0 Å².